The van der Waals surface area contributed by atoms with Gasteiger partial charge in [-0.3, -0.25) is 0 Å². The van der Waals surface area contributed by atoms with E-state index in [1.54, 1.807) is 0 Å². The van der Waals surface area contributed by atoms with Gasteiger partial charge in [-0.15, -0.1) is 0 Å². The van der Waals surface area contributed by atoms with E-state index < -0.39 is 0 Å². The van der Waals surface area contributed by atoms with Gasteiger partial charge in [0.05, 0.1) is 0 Å². The Morgan fingerprint density at radius 3 is 2.80 bits per heavy atom. The van der Waals surface area contributed by atoms with Crippen LogP contribution in [0.5, 0.6) is 0 Å². The zero-order valence-electron chi connectivity index (χ0n) is 9.91. The van der Waals surface area contributed by atoms with E-state index in [1.807, 2.05) is 0 Å². The van der Waals surface area contributed by atoms with Crippen LogP contribution in [0.4, 0.5) is 0 Å². The van der Waals surface area contributed by atoms with Gasteiger partial charge in [-0.2, -0.15) is 0 Å². The second-order valence-corrected chi connectivity index (χ2v) is 5.04. The highest BCUT2D eigenvalue weighted by atomic mass is 15.2. The molecule has 2 atom stereocenters. The van der Waals surface area contributed by atoms with E-state index in [1.165, 1.54) is 51.7 Å². The van der Waals surface area contributed by atoms with E-state index in [0.29, 0.717) is 12.1 Å². The molecule has 1 heterocycles. The molecule has 0 saturated carbocycles. The van der Waals surface area contributed by atoms with Crippen molar-refractivity contribution in [2.45, 2.75) is 51.1 Å². The highest BCUT2D eigenvalue weighted by Crippen LogP contribution is 2.12. The topological polar surface area (TPSA) is 15.3 Å². The smallest absolute Gasteiger partial charge is 0.0253 e. The van der Waals surface area contributed by atoms with Crippen molar-refractivity contribution in [3.63, 3.8) is 0 Å². The van der Waals surface area contributed by atoms with Gasteiger partial charge in [0.1, 0.15) is 0 Å². The zero-order chi connectivity index (χ0) is 10.5. The van der Waals surface area contributed by atoms with E-state index in [2.05, 4.69) is 29.3 Å². The van der Waals surface area contributed by atoms with Crippen molar-refractivity contribution in [2.75, 3.05) is 19.6 Å². The number of hydrogen-bond acceptors (Lipinski definition) is 2. The minimum atomic E-state index is 0.635. The number of rotatable bonds is 4. The molecule has 0 amide bonds. The van der Waals surface area contributed by atoms with Gasteiger partial charge in [-0.25, -0.2) is 0 Å². The van der Waals surface area contributed by atoms with Crippen molar-refractivity contribution < 1.29 is 0 Å². The Hall–Kier alpha value is -0.340. The first-order chi connectivity index (χ1) is 7.34. The van der Waals surface area contributed by atoms with Crippen LogP contribution in [-0.4, -0.2) is 36.6 Å². The second kappa shape index (κ2) is 5.66. The Morgan fingerprint density at radius 2 is 2.13 bits per heavy atom. The predicted octanol–water partition coefficient (Wildman–Crippen LogP) is 2.17. The molecule has 1 fully saturated rings. The maximum atomic E-state index is 3.72. The van der Waals surface area contributed by atoms with Crippen LogP contribution in [0.15, 0.2) is 12.2 Å². The number of nitrogens with zero attached hydrogens (tertiary/aromatic N) is 1. The van der Waals surface area contributed by atoms with Crippen molar-refractivity contribution >= 4 is 0 Å². The summed E-state index contributed by atoms with van der Waals surface area (Å²) in [5.41, 5.74) is 0. The van der Waals surface area contributed by atoms with Crippen LogP contribution in [0.2, 0.25) is 0 Å². The molecule has 1 aliphatic carbocycles. The van der Waals surface area contributed by atoms with Crippen LogP contribution in [0.3, 0.4) is 0 Å². The zero-order valence-corrected chi connectivity index (χ0v) is 9.91. The Labute approximate surface area is 93.7 Å². The molecular weight excluding hydrogens is 184 g/mol. The van der Waals surface area contributed by atoms with E-state index in [0.717, 1.165) is 0 Å². The summed E-state index contributed by atoms with van der Waals surface area (Å²) in [6.07, 6.45) is 11.4. The van der Waals surface area contributed by atoms with Gasteiger partial charge < -0.3 is 10.2 Å². The molecule has 0 aromatic heterocycles. The average molecular weight is 208 g/mol. The molecule has 0 radical (unpaired) electrons. The van der Waals surface area contributed by atoms with Crippen molar-refractivity contribution in [3.05, 3.63) is 12.2 Å². The van der Waals surface area contributed by atoms with E-state index in [-0.39, 0.29) is 0 Å². The van der Waals surface area contributed by atoms with Gasteiger partial charge in [0.15, 0.2) is 0 Å². The monoisotopic (exact) mass is 208 g/mol. The number of likely N-dealkylation sites (tertiary alicyclic amines) is 1. The molecule has 0 bridgehead atoms. The molecular formula is C13H24N2. The summed E-state index contributed by atoms with van der Waals surface area (Å²) < 4.78 is 0. The lowest BCUT2D eigenvalue weighted by molar-refractivity contribution is 0.289. The number of hydrogen-bond donors (Lipinski definition) is 1. The molecule has 86 valence electrons. The van der Waals surface area contributed by atoms with E-state index in [9.17, 15) is 0 Å². The summed E-state index contributed by atoms with van der Waals surface area (Å²) in [5, 5.41) is 3.72. The van der Waals surface area contributed by atoms with Gasteiger partial charge in [0.2, 0.25) is 0 Å². The lowest BCUT2D eigenvalue weighted by atomic mass is 10.0. The first-order valence-corrected chi connectivity index (χ1v) is 6.49. The van der Waals surface area contributed by atoms with Crippen molar-refractivity contribution in [2.24, 2.45) is 0 Å². The SMILES string of the molecule is CC(CN1CCCC1)NC1C=CCCC1. The number of allylic oxidation sites excluding steroid dienone is 1. The molecule has 1 N–H and O–H groups in total. The first-order valence-electron chi connectivity index (χ1n) is 6.49. The summed E-state index contributed by atoms with van der Waals surface area (Å²) in [6, 6.07) is 1.27. The van der Waals surface area contributed by atoms with Crippen LogP contribution in [-0.2, 0) is 0 Å². The molecule has 2 aliphatic rings. The Morgan fingerprint density at radius 1 is 1.33 bits per heavy atom. The van der Waals surface area contributed by atoms with Gasteiger partial charge in [0, 0.05) is 18.6 Å². The summed E-state index contributed by atoms with van der Waals surface area (Å²) in [5.74, 6) is 0. The van der Waals surface area contributed by atoms with Crippen molar-refractivity contribution in [1.82, 2.24) is 10.2 Å². The Balaban J connectivity index is 1.68. The molecule has 2 heteroatoms. The fourth-order valence-electron chi connectivity index (χ4n) is 2.72. The average Bonchev–Trinajstić information content (AvgIpc) is 2.71. The second-order valence-electron chi connectivity index (χ2n) is 5.04. The third-order valence-corrected chi connectivity index (χ3v) is 3.48. The van der Waals surface area contributed by atoms with Crippen LogP contribution in [0.1, 0.15) is 39.0 Å². The van der Waals surface area contributed by atoms with Gasteiger partial charge in [-0.1, -0.05) is 12.2 Å². The molecule has 15 heavy (non-hydrogen) atoms. The quantitative estimate of drug-likeness (QED) is 0.712. The fourth-order valence-corrected chi connectivity index (χ4v) is 2.72. The standard InChI is InChI=1S/C13H24N2/c1-12(11-15-9-5-6-10-15)14-13-7-3-2-4-8-13/h3,7,12-14H,2,4-6,8-11H2,1H3. The lowest BCUT2D eigenvalue weighted by Crippen LogP contribution is -2.43. The van der Waals surface area contributed by atoms with Crippen LogP contribution < -0.4 is 5.32 Å². The maximum absolute atomic E-state index is 3.72. The van der Waals surface area contributed by atoms with Gasteiger partial charge in [-0.05, 0) is 52.1 Å². The molecule has 0 spiro atoms. The summed E-state index contributed by atoms with van der Waals surface area (Å²) in [7, 11) is 0. The highest BCUT2D eigenvalue weighted by molar-refractivity contribution is 4.98. The fraction of sp³-hybridized carbons (Fsp3) is 0.846. The predicted molar refractivity (Wildman–Crippen MR) is 65.1 cm³/mol. The summed E-state index contributed by atoms with van der Waals surface area (Å²) in [4.78, 5) is 2.59. The minimum Gasteiger partial charge on any atom is -0.307 e. The molecule has 1 aliphatic heterocycles. The largest absolute Gasteiger partial charge is 0.307 e. The minimum absolute atomic E-state index is 0.635. The molecule has 2 nitrogen and oxygen atoms in total. The number of nitrogens with one attached hydrogen (secondary N) is 1. The Kier molecular flexibility index (Phi) is 4.21. The molecule has 0 aromatic rings. The van der Waals surface area contributed by atoms with Crippen LogP contribution >= 0.6 is 0 Å². The molecule has 2 unspecified atom stereocenters. The van der Waals surface area contributed by atoms with E-state index >= 15 is 0 Å². The van der Waals surface area contributed by atoms with Gasteiger partial charge >= 0.3 is 0 Å². The van der Waals surface area contributed by atoms with Crippen LogP contribution in [0.25, 0.3) is 0 Å². The highest BCUT2D eigenvalue weighted by Gasteiger charge is 2.16. The molecule has 0 aromatic carbocycles. The third kappa shape index (κ3) is 3.62. The summed E-state index contributed by atoms with van der Waals surface area (Å²) in [6.45, 7) is 6.17. The first kappa shape index (κ1) is 11.2. The molecule has 1 saturated heterocycles. The van der Waals surface area contributed by atoms with E-state index in [4.69, 9.17) is 0 Å². The van der Waals surface area contributed by atoms with Crippen LogP contribution in [0, 0.1) is 0 Å². The van der Waals surface area contributed by atoms with Crippen molar-refractivity contribution in [3.8, 4) is 0 Å². The lowest BCUT2D eigenvalue weighted by Gasteiger charge is -2.26. The van der Waals surface area contributed by atoms with Crippen molar-refractivity contribution in [1.29, 1.82) is 0 Å². The molecule has 2 rings (SSSR count). The summed E-state index contributed by atoms with van der Waals surface area (Å²) >= 11 is 0. The third-order valence-electron chi connectivity index (χ3n) is 3.48. The normalized spacial score (nSPS) is 29.5. The Bertz CT molecular complexity index is 207. The van der Waals surface area contributed by atoms with Gasteiger partial charge in [0.25, 0.3) is 0 Å². The maximum Gasteiger partial charge on any atom is 0.0253 e.